The van der Waals surface area contributed by atoms with Gasteiger partial charge in [0, 0.05) is 20.0 Å². The van der Waals surface area contributed by atoms with E-state index in [1.165, 1.54) is 57.8 Å². The Bertz CT molecular complexity index is 605. The van der Waals surface area contributed by atoms with Gasteiger partial charge >= 0.3 is 0 Å². The van der Waals surface area contributed by atoms with E-state index >= 15 is 0 Å². The second-order valence-corrected chi connectivity index (χ2v) is 11.1. The number of hydrogen-bond acceptors (Lipinski definition) is 1. The Morgan fingerprint density at radius 2 is 1.78 bits per heavy atom. The molecule has 0 aliphatic heterocycles. The lowest BCUT2D eigenvalue weighted by atomic mass is 9.59. The van der Waals surface area contributed by atoms with Gasteiger partial charge in [0.15, 0.2) is 0 Å². The zero-order valence-corrected chi connectivity index (χ0v) is 17.5. The van der Waals surface area contributed by atoms with Crippen molar-refractivity contribution in [3.05, 3.63) is 0 Å². The molecule has 5 aliphatic carbocycles. The summed E-state index contributed by atoms with van der Waals surface area (Å²) in [5.41, 5.74) is 1.44. The molecule has 0 radical (unpaired) electrons. The Morgan fingerprint density at radius 3 is 2.52 bits per heavy atom. The maximum atomic E-state index is 13.9. The molecule has 5 rings (SSSR count). The first kappa shape index (κ1) is 18.8. The molecule has 5 fully saturated rings. The molecule has 154 valence electrons. The van der Waals surface area contributed by atoms with E-state index in [1.54, 1.807) is 6.92 Å². The lowest BCUT2D eigenvalue weighted by molar-refractivity contribution is -0.0304. The predicted molar refractivity (Wildman–Crippen MR) is 104 cm³/mol. The summed E-state index contributed by atoms with van der Waals surface area (Å²) in [5, 5.41) is 0. The van der Waals surface area contributed by atoms with E-state index in [0.29, 0.717) is 28.3 Å². The van der Waals surface area contributed by atoms with Crippen LogP contribution in [-0.4, -0.2) is 19.1 Å². The SMILES string of the molecule is CCC(F)(F)CCC1CCC2C1(C)CCC1C34CC(OC)CCC3CCC214. The first-order valence-electron chi connectivity index (χ1n) is 11.7. The summed E-state index contributed by atoms with van der Waals surface area (Å²) in [6, 6.07) is 0. The molecular weight excluding hydrogens is 342 g/mol. The second kappa shape index (κ2) is 5.92. The molecule has 1 nitrogen and oxygen atoms in total. The summed E-state index contributed by atoms with van der Waals surface area (Å²) >= 11 is 0. The molecule has 8 atom stereocenters. The highest BCUT2D eigenvalue weighted by Gasteiger charge is 2.86. The van der Waals surface area contributed by atoms with E-state index in [2.05, 4.69) is 6.92 Å². The number of alkyl halides is 2. The van der Waals surface area contributed by atoms with Crippen LogP contribution in [0.1, 0.15) is 90.9 Å². The van der Waals surface area contributed by atoms with Crippen molar-refractivity contribution in [1.29, 1.82) is 0 Å². The molecule has 27 heavy (non-hydrogen) atoms. The Kier molecular flexibility index (Phi) is 4.13. The van der Waals surface area contributed by atoms with Crippen molar-refractivity contribution in [3.63, 3.8) is 0 Å². The highest BCUT2D eigenvalue weighted by atomic mass is 19.3. The summed E-state index contributed by atoms with van der Waals surface area (Å²) in [6.45, 7) is 4.13. The normalized spacial score (nSPS) is 53.4. The van der Waals surface area contributed by atoms with Crippen LogP contribution in [0.25, 0.3) is 0 Å². The molecular formula is C24H38F2O. The van der Waals surface area contributed by atoms with Crippen LogP contribution in [0.2, 0.25) is 0 Å². The van der Waals surface area contributed by atoms with Crippen molar-refractivity contribution in [3.8, 4) is 0 Å². The van der Waals surface area contributed by atoms with Crippen molar-refractivity contribution in [2.75, 3.05) is 7.11 Å². The summed E-state index contributed by atoms with van der Waals surface area (Å²) in [5.74, 6) is 0.715. The van der Waals surface area contributed by atoms with Gasteiger partial charge in [0.25, 0.3) is 0 Å². The Hall–Kier alpha value is -0.180. The van der Waals surface area contributed by atoms with Crippen LogP contribution < -0.4 is 0 Å². The first-order valence-corrected chi connectivity index (χ1v) is 11.7. The topological polar surface area (TPSA) is 9.23 Å². The van der Waals surface area contributed by atoms with E-state index < -0.39 is 5.92 Å². The third-order valence-electron chi connectivity index (χ3n) is 10.9. The average molecular weight is 381 g/mol. The number of fused-ring (bicyclic) bond motifs is 1. The fourth-order valence-corrected chi connectivity index (χ4v) is 9.74. The van der Waals surface area contributed by atoms with E-state index in [9.17, 15) is 8.78 Å². The number of hydrogen-bond donors (Lipinski definition) is 0. The smallest absolute Gasteiger partial charge is 0.247 e. The van der Waals surface area contributed by atoms with Crippen LogP contribution in [-0.2, 0) is 4.74 Å². The minimum absolute atomic E-state index is 0.00489. The van der Waals surface area contributed by atoms with Crippen LogP contribution >= 0.6 is 0 Å². The zero-order valence-electron chi connectivity index (χ0n) is 17.5. The van der Waals surface area contributed by atoms with E-state index in [0.717, 1.165) is 24.2 Å². The average Bonchev–Trinajstić information content (AvgIpc) is 2.92. The first-order chi connectivity index (χ1) is 12.8. The molecule has 5 aliphatic rings. The summed E-state index contributed by atoms with van der Waals surface area (Å²) in [6.07, 6.45) is 13.2. The van der Waals surface area contributed by atoms with Gasteiger partial charge in [-0.05, 0) is 104 Å². The number of halogens is 2. The van der Waals surface area contributed by atoms with E-state index in [1.807, 2.05) is 7.11 Å². The lowest BCUT2D eigenvalue weighted by Crippen LogP contribution is -2.39. The summed E-state index contributed by atoms with van der Waals surface area (Å²) in [4.78, 5) is 0. The van der Waals surface area contributed by atoms with Crippen LogP contribution in [0, 0.1) is 39.9 Å². The van der Waals surface area contributed by atoms with Gasteiger partial charge in [0.2, 0.25) is 5.92 Å². The Balaban J connectivity index is 1.39. The van der Waals surface area contributed by atoms with Crippen molar-refractivity contribution >= 4 is 0 Å². The van der Waals surface area contributed by atoms with Crippen LogP contribution in [0.15, 0.2) is 0 Å². The van der Waals surface area contributed by atoms with Crippen LogP contribution in [0.5, 0.6) is 0 Å². The van der Waals surface area contributed by atoms with Gasteiger partial charge in [0.1, 0.15) is 0 Å². The highest BCUT2D eigenvalue weighted by Crippen LogP contribution is 2.91. The molecule has 8 unspecified atom stereocenters. The number of ether oxygens (including phenoxy) is 1. The molecule has 2 spiro atoms. The van der Waals surface area contributed by atoms with Crippen LogP contribution in [0.4, 0.5) is 8.78 Å². The fraction of sp³-hybridized carbons (Fsp3) is 1.00. The lowest BCUT2D eigenvalue weighted by Gasteiger charge is -2.46. The van der Waals surface area contributed by atoms with E-state index in [4.69, 9.17) is 4.74 Å². The van der Waals surface area contributed by atoms with Gasteiger partial charge in [-0.25, -0.2) is 8.78 Å². The third kappa shape index (κ3) is 2.24. The quantitative estimate of drug-likeness (QED) is 0.507. The maximum absolute atomic E-state index is 13.9. The van der Waals surface area contributed by atoms with Gasteiger partial charge in [-0.15, -0.1) is 0 Å². The predicted octanol–water partition coefficient (Wildman–Crippen LogP) is 6.85. The summed E-state index contributed by atoms with van der Waals surface area (Å²) in [7, 11) is 1.90. The van der Waals surface area contributed by atoms with Gasteiger partial charge in [-0.3, -0.25) is 0 Å². The molecule has 0 aromatic carbocycles. The zero-order chi connectivity index (χ0) is 19.1. The molecule has 0 N–H and O–H groups in total. The van der Waals surface area contributed by atoms with Crippen molar-refractivity contribution in [2.24, 2.45) is 39.9 Å². The standard InChI is InChI=1S/C24H38F2O/c1-4-22(25,26)13-9-16-6-8-19-21(16,2)12-11-20-23(19)14-10-17-5-7-18(27-3)15-24(17,20)23/h16-20H,4-15H2,1-3H3. The van der Waals surface area contributed by atoms with Gasteiger partial charge in [-0.2, -0.15) is 0 Å². The van der Waals surface area contributed by atoms with Gasteiger partial charge < -0.3 is 4.74 Å². The molecule has 0 aromatic rings. The minimum atomic E-state index is -2.46. The second-order valence-electron chi connectivity index (χ2n) is 11.1. The fourth-order valence-electron chi connectivity index (χ4n) is 9.74. The molecule has 0 saturated heterocycles. The highest BCUT2D eigenvalue weighted by molar-refractivity contribution is 5.33. The molecule has 5 saturated carbocycles. The largest absolute Gasteiger partial charge is 0.381 e. The Morgan fingerprint density at radius 1 is 0.963 bits per heavy atom. The summed E-state index contributed by atoms with van der Waals surface area (Å²) < 4.78 is 33.7. The van der Waals surface area contributed by atoms with Crippen molar-refractivity contribution < 1.29 is 13.5 Å². The molecule has 3 heteroatoms. The number of methoxy groups -OCH3 is 1. The minimum Gasteiger partial charge on any atom is -0.381 e. The van der Waals surface area contributed by atoms with Gasteiger partial charge in [-0.1, -0.05) is 13.8 Å². The molecule has 0 bridgehead atoms. The third-order valence-corrected chi connectivity index (χ3v) is 10.9. The van der Waals surface area contributed by atoms with Crippen molar-refractivity contribution in [2.45, 2.75) is 103 Å². The molecule has 0 aromatic heterocycles. The maximum Gasteiger partial charge on any atom is 0.247 e. The molecule has 0 heterocycles. The van der Waals surface area contributed by atoms with E-state index in [-0.39, 0.29) is 12.8 Å². The van der Waals surface area contributed by atoms with Crippen LogP contribution in [0.3, 0.4) is 0 Å². The Labute approximate surface area is 164 Å². The number of rotatable bonds is 5. The van der Waals surface area contributed by atoms with Gasteiger partial charge in [0.05, 0.1) is 6.10 Å². The van der Waals surface area contributed by atoms with Crippen molar-refractivity contribution in [1.82, 2.24) is 0 Å². The monoisotopic (exact) mass is 380 g/mol. The molecule has 0 amide bonds.